The maximum Gasteiger partial charge on any atom is 0.345 e. The Morgan fingerprint density at radius 2 is 2.24 bits per heavy atom. The van der Waals surface area contributed by atoms with E-state index >= 15 is 0 Å². The van der Waals surface area contributed by atoms with Crippen LogP contribution in [0.2, 0.25) is 0 Å². The lowest BCUT2D eigenvalue weighted by molar-refractivity contribution is 0.0702. The monoisotopic (exact) mass is 266 g/mol. The molecule has 0 unspecified atom stereocenters. The quantitative estimate of drug-likeness (QED) is 0.925. The molecule has 0 amide bonds. The lowest BCUT2D eigenvalue weighted by atomic mass is 10.4. The van der Waals surface area contributed by atoms with Crippen molar-refractivity contribution in [2.24, 2.45) is 0 Å². The summed E-state index contributed by atoms with van der Waals surface area (Å²) in [5.74, 6) is -0.895. The minimum Gasteiger partial charge on any atom is -0.477 e. The number of carboxylic acids is 1. The molecule has 1 N–H and O–H groups in total. The molecule has 0 saturated carbocycles. The van der Waals surface area contributed by atoms with Gasteiger partial charge in [0.05, 0.1) is 11.4 Å². The fraction of sp³-hybridized carbons (Fsp3) is 0.182. The van der Waals surface area contributed by atoms with Crippen LogP contribution in [0.25, 0.3) is 0 Å². The van der Waals surface area contributed by atoms with Gasteiger partial charge in [0.1, 0.15) is 9.90 Å². The highest BCUT2D eigenvalue weighted by atomic mass is 32.2. The molecule has 0 bridgehead atoms. The smallest absolute Gasteiger partial charge is 0.345 e. The molecule has 2 rings (SSSR count). The molecule has 0 spiro atoms. The largest absolute Gasteiger partial charge is 0.477 e. The fourth-order valence-corrected chi connectivity index (χ4v) is 3.02. The predicted octanol–water partition coefficient (Wildman–Crippen LogP) is 3.00. The number of thiophene rings is 1. The van der Waals surface area contributed by atoms with E-state index in [-0.39, 0.29) is 0 Å². The van der Waals surface area contributed by atoms with Gasteiger partial charge in [0.2, 0.25) is 0 Å². The highest BCUT2D eigenvalue weighted by molar-refractivity contribution is 7.99. The van der Waals surface area contributed by atoms with Crippen LogP contribution in [-0.2, 0) is 0 Å². The molecule has 0 aliphatic heterocycles. The van der Waals surface area contributed by atoms with Gasteiger partial charge in [0.25, 0.3) is 0 Å². The Balaban J connectivity index is 2.25. The number of carbonyl (C=O) groups is 1. The van der Waals surface area contributed by atoms with Crippen molar-refractivity contribution in [2.75, 3.05) is 0 Å². The van der Waals surface area contributed by atoms with Crippen molar-refractivity contribution in [3.05, 3.63) is 33.9 Å². The van der Waals surface area contributed by atoms with Crippen LogP contribution < -0.4 is 0 Å². The summed E-state index contributed by atoms with van der Waals surface area (Å²) in [5.41, 5.74) is 1.70. The molecule has 0 atom stereocenters. The molecule has 0 aliphatic rings. The van der Waals surface area contributed by atoms with Gasteiger partial charge < -0.3 is 5.11 Å². The Hall–Kier alpha value is -1.40. The summed E-state index contributed by atoms with van der Waals surface area (Å²) in [5, 5.41) is 11.5. The molecule has 17 heavy (non-hydrogen) atoms. The summed E-state index contributed by atoms with van der Waals surface area (Å²) in [4.78, 5) is 20.6. The molecule has 6 heteroatoms. The van der Waals surface area contributed by atoms with Crippen LogP contribution in [-0.4, -0.2) is 21.0 Å². The average Bonchev–Trinajstić information content (AvgIpc) is 2.72. The topological polar surface area (TPSA) is 63.1 Å². The number of nitrogens with zero attached hydrogens (tertiary/aromatic N) is 2. The molecule has 0 fully saturated rings. The summed E-state index contributed by atoms with van der Waals surface area (Å²) in [7, 11) is 0. The maximum absolute atomic E-state index is 10.8. The van der Waals surface area contributed by atoms with Gasteiger partial charge >= 0.3 is 5.97 Å². The van der Waals surface area contributed by atoms with Gasteiger partial charge in [-0.2, -0.15) is 0 Å². The minimum absolute atomic E-state index is 0.339. The van der Waals surface area contributed by atoms with Crippen molar-refractivity contribution in [3.8, 4) is 0 Å². The van der Waals surface area contributed by atoms with Crippen LogP contribution in [0.3, 0.4) is 0 Å². The van der Waals surface area contributed by atoms with E-state index in [1.165, 1.54) is 23.1 Å². The first-order chi connectivity index (χ1) is 8.06. The summed E-state index contributed by atoms with van der Waals surface area (Å²) in [6, 6.07) is 1.65. The molecule has 0 radical (unpaired) electrons. The summed E-state index contributed by atoms with van der Waals surface area (Å²) >= 11 is 2.66. The van der Waals surface area contributed by atoms with Gasteiger partial charge in [-0.15, -0.1) is 11.3 Å². The Kier molecular flexibility index (Phi) is 3.44. The zero-order chi connectivity index (χ0) is 12.4. The number of aryl methyl sites for hydroxylation is 2. The molecule has 2 heterocycles. The van der Waals surface area contributed by atoms with E-state index < -0.39 is 5.97 Å². The van der Waals surface area contributed by atoms with Gasteiger partial charge in [-0.25, -0.2) is 9.78 Å². The number of rotatable bonds is 3. The molecule has 0 aliphatic carbocycles. The molecular weight excluding hydrogens is 256 g/mol. The Morgan fingerprint density at radius 1 is 1.47 bits per heavy atom. The van der Waals surface area contributed by atoms with Crippen LogP contribution in [0.15, 0.2) is 27.6 Å². The second-order valence-electron chi connectivity index (χ2n) is 3.46. The van der Waals surface area contributed by atoms with E-state index in [2.05, 4.69) is 9.97 Å². The molecular formula is C11H10N2O2S2. The maximum atomic E-state index is 10.8. The van der Waals surface area contributed by atoms with Crippen LogP contribution >= 0.6 is 23.1 Å². The fourth-order valence-electron chi connectivity index (χ4n) is 1.21. The summed E-state index contributed by atoms with van der Waals surface area (Å²) in [6.45, 7) is 3.77. The van der Waals surface area contributed by atoms with Crippen molar-refractivity contribution in [1.82, 2.24) is 9.97 Å². The zero-order valence-electron chi connectivity index (χ0n) is 9.30. The third kappa shape index (κ3) is 2.83. The normalized spacial score (nSPS) is 10.5. The lowest BCUT2D eigenvalue weighted by Crippen LogP contribution is -1.92. The molecule has 2 aromatic heterocycles. The number of carboxylic acid groups (broad SMARTS) is 1. The van der Waals surface area contributed by atoms with Crippen LogP contribution in [0.5, 0.6) is 0 Å². The van der Waals surface area contributed by atoms with Gasteiger partial charge in [0, 0.05) is 16.5 Å². The Labute approximate surface area is 107 Å². The minimum atomic E-state index is -0.895. The predicted molar refractivity (Wildman–Crippen MR) is 66.9 cm³/mol. The summed E-state index contributed by atoms with van der Waals surface area (Å²) < 4.78 is 0. The molecule has 0 aromatic carbocycles. The van der Waals surface area contributed by atoms with E-state index in [1.807, 2.05) is 19.2 Å². The first kappa shape index (κ1) is 12.1. The van der Waals surface area contributed by atoms with Crippen molar-refractivity contribution in [1.29, 1.82) is 0 Å². The first-order valence-electron chi connectivity index (χ1n) is 4.86. The lowest BCUT2D eigenvalue weighted by Gasteiger charge is -2.02. The van der Waals surface area contributed by atoms with Crippen LogP contribution in [0, 0.1) is 13.8 Å². The van der Waals surface area contributed by atoms with Crippen molar-refractivity contribution in [3.63, 3.8) is 0 Å². The SMILES string of the molecule is Cc1cnc(C)c(Sc2csc(C(=O)O)c2)n1. The molecule has 4 nitrogen and oxygen atoms in total. The number of hydrogen-bond acceptors (Lipinski definition) is 5. The third-order valence-electron chi connectivity index (χ3n) is 2.03. The van der Waals surface area contributed by atoms with Crippen molar-refractivity contribution >= 4 is 29.1 Å². The number of aromatic carboxylic acids is 1. The van der Waals surface area contributed by atoms with E-state index in [1.54, 1.807) is 12.3 Å². The first-order valence-corrected chi connectivity index (χ1v) is 6.56. The van der Waals surface area contributed by atoms with E-state index in [9.17, 15) is 4.79 Å². The second-order valence-corrected chi connectivity index (χ2v) is 5.43. The standard InChI is InChI=1S/C11H10N2O2S2/c1-6-4-12-7(2)10(13-6)17-8-3-9(11(14)15)16-5-8/h3-5H,1-2H3,(H,14,15). The summed E-state index contributed by atoms with van der Waals surface area (Å²) in [6.07, 6.45) is 1.72. The van der Waals surface area contributed by atoms with Gasteiger partial charge in [-0.1, -0.05) is 11.8 Å². The van der Waals surface area contributed by atoms with Gasteiger partial charge in [-0.3, -0.25) is 4.98 Å². The van der Waals surface area contributed by atoms with Crippen molar-refractivity contribution < 1.29 is 9.90 Å². The van der Waals surface area contributed by atoms with Gasteiger partial charge in [-0.05, 0) is 19.9 Å². The van der Waals surface area contributed by atoms with E-state index in [0.717, 1.165) is 21.3 Å². The molecule has 0 saturated heterocycles. The highest BCUT2D eigenvalue weighted by Gasteiger charge is 2.10. The third-order valence-corrected chi connectivity index (χ3v) is 4.15. The van der Waals surface area contributed by atoms with E-state index in [0.29, 0.717) is 4.88 Å². The Morgan fingerprint density at radius 3 is 2.88 bits per heavy atom. The van der Waals surface area contributed by atoms with Crippen molar-refractivity contribution in [2.45, 2.75) is 23.8 Å². The average molecular weight is 266 g/mol. The second kappa shape index (κ2) is 4.85. The van der Waals surface area contributed by atoms with Crippen LogP contribution in [0.1, 0.15) is 21.1 Å². The zero-order valence-corrected chi connectivity index (χ0v) is 10.9. The number of aromatic nitrogens is 2. The highest BCUT2D eigenvalue weighted by Crippen LogP contribution is 2.31. The molecule has 88 valence electrons. The van der Waals surface area contributed by atoms with Gasteiger partial charge in [0.15, 0.2) is 0 Å². The van der Waals surface area contributed by atoms with Crippen LogP contribution in [0.4, 0.5) is 0 Å². The van der Waals surface area contributed by atoms with E-state index in [4.69, 9.17) is 5.11 Å². The molecule has 2 aromatic rings. The number of hydrogen-bond donors (Lipinski definition) is 1. The Bertz CT molecular complexity index is 566.